The van der Waals surface area contributed by atoms with Crippen LogP contribution in [0.2, 0.25) is 0 Å². The summed E-state index contributed by atoms with van der Waals surface area (Å²) in [7, 11) is 0. The van der Waals surface area contributed by atoms with Crippen molar-refractivity contribution in [1.29, 1.82) is 0 Å². The number of carbonyl (C=O) groups is 3. The Kier molecular flexibility index (Phi) is 2.95. The smallest absolute Gasteiger partial charge is 0.221 e. The zero-order valence-corrected chi connectivity index (χ0v) is 11.8. The van der Waals surface area contributed by atoms with Gasteiger partial charge in [-0.15, -0.1) is 0 Å². The van der Waals surface area contributed by atoms with Crippen molar-refractivity contribution in [3.05, 3.63) is 52.6 Å². The van der Waals surface area contributed by atoms with Crippen LogP contribution in [0.3, 0.4) is 0 Å². The minimum atomic E-state index is -0.374. The zero-order valence-electron chi connectivity index (χ0n) is 11.8. The maximum absolute atomic E-state index is 12.7. The van der Waals surface area contributed by atoms with Crippen molar-refractivity contribution >= 4 is 34.5 Å². The number of fused-ring (bicyclic) bond motifs is 2. The molecule has 0 heterocycles. The van der Waals surface area contributed by atoms with Gasteiger partial charge in [-0.2, -0.15) is 0 Å². The molecule has 0 unspecified atom stereocenters. The van der Waals surface area contributed by atoms with E-state index < -0.39 is 0 Å². The summed E-state index contributed by atoms with van der Waals surface area (Å²) in [6, 6.07) is 7.90. The highest BCUT2D eigenvalue weighted by molar-refractivity contribution is 6.32. The topological polar surface area (TPSA) is 115 Å². The fourth-order valence-corrected chi connectivity index (χ4v) is 2.64. The number of nitrogen functional groups attached to an aromatic ring is 2. The summed E-state index contributed by atoms with van der Waals surface area (Å²) in [5, 5.41) is 2.52. The van der Waals surface area contributed by atoms with Gasteiger partial charge in [0.25, 0.3) is 0 Å². The van der Waals surface area contributed by atoms with E-state index in [2.05, 4.69) is 5.32 Å². The van der Waals surface area contributed by atoms with Crippen molar-refractivity contribution < 1.29 is 14.4 Å². The van der Waals surface area contributed by atoms with Crippen molar-refractivity contribution in [2.75, 3.05) is 16.8 Å². The molecule has 0 saturated heterocycles. The molecular formula is C16H13N3O3. The third-order valence-corrected chi connectivity index (χ3v) is 3.58. The van der Waals surface area contributed by atoms with Crippen molar-refractivity contribution in [3.63, 3.8) is 0 Å². The van der Waals surface area contributed by atoms with Crippen molar-refractivity contribution in [2.24, 2.45) is 0 Å². The van der Waals surface area contributed by atoms with Crippen LogP contribution in [-0.2, 0) is 4.79 Å². The van der Waals surface area contributed by atoms with E-state index in [1.54, 1.807) is 24.3 Å². The van der Waals surface area contributed by atoms with E-state index in [4.69, 9.17) is 11.5 Å². The Balaban J connectivity index is 2.31. The highest BCUT2D eigenvalue weighted by Crippen LogP contribution is 2.38. The molecule has 1 aliphatic carbocycles. The minimum absolute atomic E-state index is 0.0484. The van der Waals surface area contributed by atoms with E-state index in [1.807, 2.05) is 0 Å². The summed E-state index contributed by atoms with van der Waals surface area (Å²) in [4.78, 5) is 36.5. The fraction of sp³-hybridized carbons (Fsp3) is 0.0625. The number of carbonyl (C=O) groups excluding carboxylic acids is 3. The van der Waals surface area contributed by atoms with Gasteiger partial charge in [0.1, 0.15) is 0 Å². The highest BCUT2D eigenvalue weighted by atomic mass is 16.1. The first-order chi connectivity index (χ1) is 10.4. The molecule has 5 N–H and O–H groups in total. The lowest BCUT2D eigenvalue weighted by atomic mass is 9.82. The van der Waals surface area contributed by atoms with Crippen molar-refractivity contribution in [2.45, 2.75) is 6.92 Å². The monoisotopic (exact) mass is 295 g/mol. The number of hydrogen-bond acceptors (Lipinski definition) is 5. The number of anilines is 3. The number of amides is 1. The molecule has 22 heavy (non-hydrogen) atoms. The summed E-state index contributed by atoms with van der Waals surface area (Å²) < 4.78 is 0. The van der Waals surface area contributed by atoms with Crippen LogP contribution in [-0.4, -0.2) is 17.5 Å². The van der Waals surface area contributed by atoms with Crippen LogP contribution in [0.4, 0.5) is 17.1 Å². The van der Waals surface area contributed by atoms with Crippen LogP contribution in [0, 0.1) is 0 Å². The molecule has 1 amide bonds. The quantitative estimate of drug-likeness (QED) is 0.589. The molecule has 0 aliphatic heterocycles. The molecule has 110 valence electrons. The fourth-order valence-electron chi connectivity index (χ4n) is 2.64. The molecule has 0 atom stereocenters. The molecule has 0 spiro atoms. The number of nitrogens with two attached hydrogens (primary N) is 2. The van der Waals surface area contributed by atoms with Gasteiger partial charge in [-0.05, 0) is 6.07 Å². The van der Waals surface area contributed by atoms with Gasteiger partial charge >= 0.3 is 0 Å². The van der Waals surface area contributed by atoms with E-state index in [0.717, 1.165) is 0 Å². The lowest BCUT2D eigenvalue weighted by Gasteiger charge is -2.22. The number of hydrogen-bond donors (Lipinski definition) is 3. The summed E-state index contributed by atoms with van der Waals surface area (Å²) in [5.74, 6) is -1.06. The summed E-state index contributed by atoms with van der Waals surface area (Å²) in [5.41, 5.74) is 13.0. The van der Waals surface area contributed by atoms with E-state index in [-0.39, 0.29) is 51.2 Å². The lowest BCUT2D eigenvalue weighted by Crippen LogP contribution is -2.25. The van der Waals surface area contributed by atoms with Gasteiger partial charge in [-0.3, -0.25) is 14.4 Å². The van der Waals surface area contributed by atoms with Crippen LogP contribution in [0.15, 0.2) is 30.3 Å². The van der Waals surface area contributed by atoms with Gasteiger partial charge in [0.05, 0.1) is 22.5 Å². The molecule has 6 heteroatoms. The van der Waals surface area contributed by atoms with Crippen LogP contribution < -0.4 is 16.8 Å². The van der Waals surface area contributed by atoms with Crippen molar-refractivity contribution in [1.82, 2.24) is 0 Å². The second-order valence-corrected chi connectivity index (χ2v) is 5.06. The zero-order chi connectivity index (χ0) is 16.0. The van der Waals surface area contributed by atoms with Gasteiger partial charge in [0.2, 0.25) is 5.91 Å². The largest absolute Gasteiger partial charge is 0.398 e. The molecule has 1 aliphatic rings. The predicted octanol–water partition coefficient (Wildman–Crippen LogP) is 1.58. The molecule has 2 aromatic rings. The molecule has 0 bridgehead atoms. The Morgan fingerprint density at radius 2 is 1.55 bits per heavy atom. The highest BCUT2D eigenvalue weighted by Gasteiger charge is 2.34. The molecule has 0 fully saturated rings. The number of nitrogens with one attached hydrogen (secondary N) is 1. The number of benzene rings is 2. The van der Waals surface area contributed by atoms with Gasteiger partial charge in [0, 0.05) is 23.7 Å². The first kappa shape index (κ1) is 13.8. The first-order valence-corrected chi connectivity index (χ1v) is 6.59. The standard InChI is InChI=1S/C16H13N3O3/c1-7(20)19-11-6-10(17)12-13(14(11)18)16(22)9-5-3-2-4-8(9)15(12)21/h2-6H,17-18H2,1H3,(H,19,20). The van der Waals surface area contributed by atoms with Crippen LogP contribution >= 0.6 is 0 Å². The molecule has 0 radical (unpaired) electrons. The summed E-state index contributed by atoms with van der Waals surface area (Å²) >= 11 is 0. The van der Waals surface area contributed by atoms with E-state index in [1.165, 1.54) is 13.0 Å². The van der Waals surface area contributed by atoms with E-state index in [0.29, 0.717) is 5.56 Å². The summed E-state index contributed by atoms with van der Waals surface area (Å²) in [6.45, 7) is 1.32. The number of rotatable bonds is 1. The maximum Gasteiger partial charge on any atom is 0.221 e. The Morgan fingerprint density at radius 1 is 1.00 bits per heavy atom. The Morgan fingerprint density at radius 3 is 2.09 bits per heavy atom. The third-order valence-electron chi connectivity index (χ3n) is 3.58. The first-order valence-electron chi connectivity index (χ1n) is 6.59. The Hall–Kier alpha value is -3.15. The van der Waals surface area contributed by atoms with E-state index >= 15 is 0 Å². The summed E-state index contributed by atoms with van der Waals surface area (Å²) in [6.07, 6.45) is 0. The molecule has 3 rings (SSSR count). The third kappa shape index (κ3) is 1.85. The van der Waals surface area contributed by atoms with Gasteiger partial charge in [0.15, 0.2) is 11.6 Å². The number of ketones is 2. The minimum Gasteiger partial charge on any atom is -0.398 e. The van der Waals surface area contributed by atoms with Gasteiger partial charge < -0.3 is 16.8 Å². The SMILES string of the molecule is CC(=O)Nc1cc(N)c2c(c1N)C(=O)c1ccccc1C2=O. The normalized spacial score (nSPS) is 12.6. The maximum atomic E-state index is 12.7. The van der Waals surface area contributed by atoms with E-state index in [9.17, 15) is 14.4 Å². The van der Waals surface area contributed by atoms with Crippen LogP contribution in [0.5, 0.6) is 0 Å². The lowest BCUT2D eigenvalue weighted by molar-refractivity contribution is -0.114. The average molecular weight is 295 g/mol. The predicted molar refractivity (Wildman–Crippen MR) is 82.9 cm³/mol. The molecular weight excluding hydrogens is 282 g/mol. The molecule has 6 nitrogen and oxygen atoms in total. The van der Waals surface area contributed by atoms with Crippen LogP contribution in [0.1, 0.15) is 38.8 Å². The molecule has 0 saturated carbocycles. The molecule has 2 aromatic carbocycles. The molecule has 0 aromatic heterocycles. The van der Waals surface area contributed by atoms with Gasteiger partial charge in [-0.25, -0.2) is 0 Å². The Bertz CT molecular complexity index is 856. The second kappa shape index (κ2) is 4.70. The van der Waals surface area contributed by atoms with Crippen LogP contribution in [0.25, 0.3) is 0 Å². The van der Waals surface area contributed by atoms with Crippen molar-refractivity contribution in [3.8, 4) is 0 Å². The average Bonchev–Trinajstić information content (AvgIpc) is 2.47. The van der Waals surface area contributed by atoms with Gasteiger partial charge in [-0.1, -0.05) is 24.3 Å². The Labute approximate surface area is 126 Å². The second-order valence-electron chi connectivity index (χ2n) is 5.06.